The molecule has 3 aliphatic rings. The van der Waals surface area contributed by atoms with Crippen molar-refractivity contribution in [1.29, 1.82) is 0 Å². The van der Waals surface area contributed by atoms with Gasteiger partial charge in [-0.2, -0.15) is 0 Å². The van der Waals surface area contributed by atoms with Crippen molar-refractivity contribution in [2.75, 3.05) is 13.2 Å². The average Bonchev–Trinajstić information content (AvgIpc) is 3.24. The Kier molecular flexibility index (Phi) is 4.04. The number of pyridine rings is 1. The van der Waals surface area contributed by atoms with Gasteiger partial charge in [-0.15, -0.1) is 0 Å². The number of ether oxygens (including phenoxy) is 2. The molecule has 3 atom stereocenters. The van der Waals surface area contributed by atoms with Crippen LogP contribution in [0.1, 0.15) is 32.1 Å². The average molecular weight is 314 g/mol. The van der Waals surface area contributed by atoms with Gasteiger partial charge in [0, 0.05) is 24.4 Å². The van der Waals surface area contributed by atoms with Crippen LogP contribution in [0, 0.1) is 0 Å². The van der Waals surface area contributed by atoms with Crippen molar-refractivity contribution in [3.05, 3.63) is 36.0 Å². The van der Waals surface area contributed by atoms with Crippen molar-refractivity contribution in [3.8, 4) is 5.88 Å². The number of hydrogen-bond acceptors (Lipinski definition) is 4. The first-order valence-electron chi connectivity index (χ1n) is 8.52. The number of amides is 1. The topological polar surface area (TPSA) is 51.7 Å². The monoisotopic (exact) mass is 314 g/mol. The number of carbonyl (C=O) groups excluding carboxylic acids is 1. The molecule has 2 aliphatic heterocycles. The molecule has 2 saturated heterocycles. The molecule has 1 aliphatic carbocycles. The smallest absolute Gasteiger partial charge is 0.249 e. The Hall–Kier alpha value is -1.88. The van der Waals surface area contributed by atoms with Gasteiger partial charge in [0.25, 0.3) is 0 Å². The van der Waals surface area contributed by atoms with Gasteiger partial charge in [-0.1, -0.05) is 12.1 Å². The predicted octanol–water partition coefficient (Wildman–Crippen LogP) is 2.33. The Morgan fingerprint density at radius 2 is 2.30 bits per heavy atom. The number of rotatable bonds is 3. The van der Waals surface area contributed by atoms with Crippen LogP contribution in [0.15, 0.2) is 36.0 Å². The van der Waals surface area contributed by atoms with Crippen LogP contribution in [-0.4, -0.2) is 47.2 Å². The molecular weight excluding hydrogens is 292 g/mol. The molecule has 0 unspecified atom stereocenters. The van der Waals surface area contributed by atoms with Gasteiger partial charge in [-0.05, 0) is 38.2 Å². The summed E-state index contributed by atoms with van der Waals surface area (Å²) in [5, 5.41) is 0. The van der Waals surface area contributed by atoms with E-state index < -0.39 is 0 Å². The number of nitrogens with zero attached hydrogens (tertiary/aromatic N) is 2. The molecule has 1 aromatic rings. The third-order valence-corrected chi connectivity index (χ3v) is 4.96. The van der Waals surface area contributed by atoms with Gasteiger partial charge in [-0.3, -0.25) is 4.79 Å². The lowest BCUT2D eigenvalue weighted by Gasteiger charge is -2.32. The zero-order chi connectivity index (χ0) is 15.6. The Morgan fingerprint density at radius 3 is 3.09 bits per heavy atom. The number of fused-ring (bicyclic) bond motifs is 1. The number of hydrogen-bond donors (Lipinski definition) is 0. The SMILES string of the molecule is O=C(C1=CCCC1)N1C[C@@H](Oc2ccccn2)[C@@H]2OCCC[C@@H]21. The summed E-state index contributed by atoms with van der Waals surface area (Å²) in [6, 6.07) is 5.75. The van der Waals surface area contributed by atoms with Crippen molar-refractivity contribution < 1.29 is 14.3 Å². The standard InChI is InChI=1S/C18H22N2O3/c21-18(13-6-1-2-7-13)20-12-15(17-14(20)8-5-11-22-17)23-16-9-3-4-10-19-16/h3-4,6,9-10,14-15,17H,1-2,5,7-8,11-12H2/t14-,15+,17+/m0/s1. The van der Waals surface area contributed by atoms with E-state index in [2.05, 4.69) is 11.1 Å². The van der Waals surface area contributed by atoms with E-state index in [0.717, 1.165) is 44.3 Å². The third kappa shape index (κ3) is 2.85. The molecule has 0 aromatic carbocycles. The minimum Gasteiger partial charge on any atom is -0.470 e. The fraction of sp³-hybridized carbons (Fsp3) is 0.556. The molecule has 5 heteroatoms. The van der Waals surface area contributed by atoms with Crippen LogP contribution < -0.4 is 4.74 Å². The maximum Gasteiger partial charge on any atom is 0.249 e. The molecule has 1 amide bonds. The number of likely N-dealkylation sites (tertiary alicyclic amines) is 1. The molecule has 122 valence electrons. The van der Waals surface area contributed by atoms with Crippen LogP contribution in [0.5, 0.6) is 5.88 Å². The summed E-state index contributed by atoms with van der Waals surface area (Å²) in [4.78, 5) is 19.0. The van der Waals surface area contributed by atoms with Crippen molar-refractivity contribution in [1.82, 2.24) is 9.88 Å². The Bertz CT molecular complexity index is 602. The van der Waals surface area contributed by atoms with E-state index in [1.807, 2.05) is 23.1 Å². The fourth-order valence-corrected chi connectivity index (χ4v) is 3.87. The Labute approximate surface area is 136 Å². The second kappa shape index (κ2) is 6.32. The van der Waals surface area contributed by atoms with Crippen molar-refractivity contribution in [2.24, 2.45) is 0 Å². The number of allylic oxidation sites excluding steroid dienone is 1. The second-order valence-electron chi connectivity index (χ2n) is 6.45. The van der Waals surface area contributed by atoms with Crippen LogP contribution in [0.25, 0.3) is 0 Å². The van der Waals surface area contributed by atoms with Crippen LogP contribution in [0.4, 0.5) is 0 Å². The molecule has 23 heavy (non-hydrogen) atoms. The second-order valence-corrected chi connectivity index (χ2v) is 6.45. The first-order chi connectivity index (χ1) is 11.3. The highest BCUT2D eigenvalue weighted by molar-refractivity contribution is 5.94. The van der Waals surface area contributed by atoms with Gasteiger partial charge in [0.05, 0.1) is 12.6 Å². The fourth-order valence-electron chi connectivity index (χ4n) is 3.87. The van der Waals surface area contributed by atoms with Crippen LogP contribution in [-0.2, 0) is 9.53 Å². The van der Waals surface area contributed by atoms with E-state index in [1.165, 1.54) is 0 Å². The lowest BCUT2D eigenvalue weighted by atomic mass is 10.0. The maximum absolute atomic E-state index is 12.8. The van der Waals surface area contributed by atoms with E-state index in [4.69, 9.17) is 9.47 Å². The highest BCUT2D eigenvalue weighted by Crippen LogP contribution is 2.33. The summed E-state index contributed by atoms with van der Waals surface area (Å²) in [5.41, 5.74) is 0.966. The molecule has 2 fully saturated rings. The van der Waals surface area contributed by atoms with Gasteiger partial charge in [-0.25, -0.2) is 4.98 Å². The highest BCUT2D eigenvalue weighted by atomic mass is 16.5. The first kappa shape index (κ1) is 14.7. The van der Waals surface area contributed by atoms with Crippen LogP contribution in [0.3, 0.4) is 0 Å². The summed E-state index contributed by atoms with van der Waals surface area (Å²) < 4.78 is 12.0. The first-order valence-corrected chi connectivity index (χ1v) is 8.52. The van der Waals surface area contributed by atoms with Crippen molar-refractivity contribution in [3.63, 3.8) is 0 Å². The van der Waals surface area contributed by atoms with Crippen LogP contribution >= 0.6 is 0 Å². The Morgan fingerprint density at radius 1 is 1.35 bits per heavy atom. The molecule has 0 radical (unpaired) electrons. The van der Waals surface area contributed by atoms with E-state index in [0.29, 0.717) is 12.4 Å². The number of aromatic nitrogens is 1. The normalized spacial score (nSPS) is 30.0. The molecule has 1 aromatic heterocycles. The molecule has 3 heterocycles. The van der Waals surface area contributed by atoms with E-state index in [-0.39, 0.29) is 24.2 Å². The summed E-state index contributed by atoms with van der Waals surface area (Å²) in [7, 11) is 0. The zero-order valence-electron chi connectivity index (χ0n) is 13.2. The molecule has 4 rings (SSSR count). The highest BCUT2D eigenvalue weighted by Gasteiger charge is 2.48. The minimum atomic E-state index is -0.138. The molecular formula is C18H22N2O3. The van der Waals surface area contributed by atoms with E-state index >= 15 is 0 Å². The van der Waals surface area contributed by atoms with E-state index in [1.54, 1.807) is 6.20 Å². The minimum absolute atomic E-state index is 0.0447. The lowest BCUT2D eigenvalue weighted by Crippen LogP contribution is -2.44. The van der Waals surface area contributed by atoms with Gasteiger partial charge in [0.1, 0.15) is 12.2 Å². The van der Waals surface area contributed by atoms with Gasteiger partial charge in [0.15, 0.2) is 0 Å². The Balaban J connectivity index is 1.53. The summed E-state index contributed by atoms with van der Waals surface area (Å²) >= 11 is 0. The molecule has 0 saturated carbocycles. The quantitative estimate of drug-likeness (QED) is 0.859. The van der Waals surface area contributed by atoms with Gasteiger partial charge in [0.2, 0.25) is 11.8 Å². The van der Waals surface area contributed by atoms with Gasteiger partial charge < -0.3 is 14.4 Å². The maximum atomic E-state index is 12.8. The largest absolute Gasteiger partial charge is 0.470 e. The molecule has 5 nitrogen and oxygen atoms in total. The van der Waals surface area contributed by atoms with Gasteiger partial charge >= 0.3 is 0 Å². The van der Waals surface area contributed by atoms with Crippen molar-refractivity contribution in [2.45, 2.75) is 50.4 Å². The summed E-state index contributed by atoms with van der Waals surface area (Å²) in [6.07, 6.45) is 8.63. The van der Waals surface area contributed by atoms with Crippen LogP contribution in [0.2, 0.25) is 0 Å². The predicted molar refractivity (Wildman–Crippen MR) is 85.1 cm³/mol. The van der Waals surface area contributed by atoms with Crippen molar-refractivity contribution >= 4 is 5.91 Å². The zero-order valence-corrected chi connectivity index (χ0v) is 13.2. The molecule has 0 spiro atoms. The molecule has 0 N–H and O–H groups in total. The summed E-state index contributed by atoms with van der Waals surface area (Å²) in [6.45, 7) is 1.33. The van der Waals surface area contributed by atoms with E-state index in [9.17, 15) is 4.79 Å². The third-order valence-electron chi connectivity index (χ3n) is 4.96. The molecule has 0 bridgehead atoms. The number of carbonyl (C=O) groups is 1. The lowest BCUT2D eigenvalue weighted by molar-refractivity contribution is -0.130. The summed E-state index contributed by atoms with van der Waals surface area (Å²) in [5.74, 6) is 0.773.